The van der Waals surface area contributed by atoms with E-state index < -0.39 is 0 Å². The van der Waals surface area contributed by atoms with E-state index >= 15 is 0 Å². The van der Waals surface area contributed by atoms with Crippen molar-refractivity contribution in [1.29, 1.82) is 0 Å². The summed E-state index contributed by atoms with van der Waals surface area (Å²) in [6.45, 7) is 4.53. The Kier molecular flexibility index (Phi) is 3.29. The Hall–Kier alpha value is -1.02. The number of fused-ring (bicyclic) bond motifs is 1. The monoisotopic (exact) mass is 244 g/mol. The van der Waals surface area contributed by atoms with Gasteiger partial charge in [-0.25, -0.2) is 0 Å². The van der Waals surface area contributed by atoms with Crippen molar-refractivity contribution < 1.29 is 0 Å². The van der Waals surface area contributed by atoms with Crippen LogP contribution in [0, 0.1) is 5.92 Å². The molecule has 2 aliphatic rings. The number of nitrogen functional groups attached to an aromatic ring is 1. The molecule has 0 amide bonds. The van der Waals surface area contributed by atoms with E-state index in [9.17, 15) is 0 Å². The van der Waals surface area contributed by atoms with Gasteiger partial charge in [0, 0.05) is 24.8 Å². The van der Waals surface area contributed by atoms with Gasteiger partial charge >= 0.3 is 0 Å². The van der Waals surface area contributed by atoms with E-state index in [-0.39, 0.29) is 0 Å². The molecule has 18 heavy (non-hydrogen) atoms. The first-order chi connectivity index (χ1) is 8.79. The highest BCUT2D eigenvalue weighted by Crippen LogP contribution is 2.36. The zero-order chi connectivity index (χ0) is 12.5. The highest BCUT2D eigenvalue weighted by molar-refractivity contribution is 5.52. The van der Waals surface area contributed by atoms with E-state index in [2.05, 4.69) is 24.0 Å². The van der Waals surface area contributed by atoms with Gasteiger partial charge in [-0.2, -0.15) is 0 Å². The maximum Gasteiger partial charge on any atom is 0.0363 e. The highest BCUT2D eigenvalue weighted by atomic mass is 15.2. The third kappa shape index (κ3) is 2.03. The predicted molar refractivity (Wildman–Crippen MR) is 76.1 cm³/mol. The standard InChI is InChI=1S/C16H24N2/c1-2-12-6-3-4-9-16(12)18-10-13-7-5-8-15(17)14(13)11-18/h5,7-8,12,16H,2-4,6,9-11,17H2,1H3. The molecule has 0 spiro atoms. The molecule has 0 aromatic heterocycles. The third-order valence-electron chi connectivity index (χ3n) is 4.91. The van der Waals surface area contributed by atoms with E-state index in [1.807, 2.05) is 6.07 Å². The van der Waals surface area contributed by atoms with Crippen LogP contribution in [0.5, 0.6) is 0 Å². The van der Waals surface area contributed by atoms with Crippen molar-refractivity contribution in [2.75, 3.05) is 5.73 Å². The van der Waals surface area contributed by atoms with E-state index in [1.54, 1.807) is 0 Å². The second kappa shape index (κ2) is 4.93. The maximum atomic E-state index is 6.10. The van der Waals surface area contributed by atoms with Crippen molar-refractivity contribution in [2.45, 2.75) is 58.2 Å². The SMILES string of the molecule is CCC1CCCCC1N1Cc2cccc(N)c2C1. The summed E-state index contributed by atoms with van der Waals surface area (Å²) in [6.07, 6.45) is 6.96. The summed E-state index contributed by atoms with van der Waals surface area (Å²) in [5, 5.41) is 0. The van der Waals surface area contributed by atoms with Crippen LogP contribution in [0.25, 0.3) is 0 Å². The van der Waals surface area contributed by atoms with Crippen LogP contribution in [0.4, 0.5) is 5.69 Å². The fourth-order valence-corrected chi connectivity index (χ4v) is 3.85. The minimum atomic E-state index is 0.788. The smallest absolute Gasteiger partial charge is 0.0363 e. The first-order valence-corrected chi connectivity index (χ1v) is 7.40. The Morgan fingerprint density at radius 2 is 2.06 bits per heavy atom. The van der Waals surface area contributed by atoms with Gasteiger partial charge in [0.05, 0.1) is 0 Å². The van der Waals surface area contributed by atoms with Gasteiger partial charge in [-0.1, -0.05) is 38.3 Å². The molecule has 3 rings (SSSR count). The van der Waals surface area contributed by atoms with Crippen LogP contribution >= 0.6 is 0 Å². The fourth-order valence-electron chi connectivity index (χ4n) is 3.85. The number of anilines is 1. The van der Waals surface area contributed by atoms with Gasteiger partial charge < -0.3 is 5.73 Å². The molecular weight excluding hydrogens is 220 g/mol. The van der Waals surface area contributed by atoms with Gasteiger partial charge in [0.25, 0.3) is 0 Å². The Morgan fingerprint density at radius 3 is 2.83 bits per heavy atom. The number of hydrogen-bond donors (Lipinski definition) is 1. The Morgan fingerprint density at radius 1 is 1.22 bits per heavy atom. The van der Waals surface area contributed by atoms with Crippen molar-refractivity contribution in [3.05, 3.63) is 29.3 Å². The molecule has 1 aliphatic heterocycles. The molecule has 1 aromatic carbocycles. The number of benzene rings is 1. The zero-order valence-corrected chi connectivity index (χ0v) is 11.4. The van der Waals surface area contributed by atoms with Crippen LogP contribution in [-0.2, 0) is 13.1 Å². The molecule has 2 atom stereocenters. The van der Waals surface area contributed by atoms with Gasteiger partial charge in [-0.05, 0) is 36.0 Å². The lowest BCUT2D eigenvalue weighted by atomic mass is 9.82. The molecule has 1 heterocycles. The summed E-state index contributed by atoms with van der Waals surface area (Å²) < 4.78 is 0. The van der Waals surface area contributed by atoms with Crippen LogP contribution in [0.2, 0.25) is 0 Å². The van der Waals surface area contributed by atoms with Crippen molar-refractivity contribution in [3.8, 4) is 0 Å². The van der Waals surface area contributed by atoms with Crippen molar-refractivity contribution in [1.82, 2.24) is 4.90 Å². The number of hydrogen-bond acceptors (Lipinski definition) is 2. The Balaban J connectivity index is 1.78. The summed E-state index contributed by atoms with van der Waals surface area (Å²) in [4.78, 5) is 2.67. The molecule has 1 aliphatic carbocycles. The highest BCUT2D eigenvalue weighted by Gasteiger charge is 2.32. The summed E-state index contributed by atoms with van der Waals surface area (Å²) >= 11 is 0. The molecule has 2 unspecified atom stereocenters. The third-order valence-corrected chi connectivity index (χ3v) is 4.91. The summed E-state index contributed by atoms with van der Waals surface area (Å²) in [6, 6.07) is 7.17. The largest absolute Gasteiger partial charge is 0.398 e. The molecule has 0 saturated heterocycles. The normalized spacial score (nSPS) is 28.3. The summed E-state index contributed by atoms with van der Waals surface area (Å²) in [5.41, 5.74) is 9.93. The first-order valence-electron chi connectivity index (χ1n) is 7.40. The fraction of sp³-hybridized carbons (Fsp3) is 0.625. The molecular formula is C16H24N2. The predicted octanol–water partition coefficient (Wildman–Crippen LogP) is 3.55. The lowest BCUT2D eigenvalue weighted by molar-refractivity contribution is 0.0993. The van der Waals surface area contributed by atoms with Gasteiger partial charge in [-0.3, -0.25) is 4.90 Å². The quantitative estimate of drug-likeness (QED) is 0.806. The lowest BCUT2D eigenvalue weighted by Gasteiger charge is -2.37. The van der Waals surface area contributed by atoms with Crippen molar-refractivity contribution in [3.63, 3.8) is 0 Å². The molecule has 0 radical (unpaired) electrons. The van der Waals surface area contributed by atoms with Crippen LogP contribution in [-0.4, -0.2) is 10.9 Å². The minimum absolute atomic E-state index is 0.788. The van der Waals surface area contributed by atoms with Gasteiger partial charge in [0.15, 0.2) is 0 Å². The van der Waals surface area contributed by atoms with E-state index in [0.717, 1.165) is 30.7 Å². The topological polar surface area (TPSA) is 29.3 Å². The van der Waals surface area contributed by atoms with Gasteiger partial charge in [-0.15, -0.1) is 0 Å². The second-order valence-corrected chi connectivity index (χ2v) is 5.91. The van der Waals surface area contributed by atoms with Gasteiger partial charge in [0.1, 0.15) is 0 Å². The summed E-state index contributed by atoms with van der Waals surface area (Å²) in [5.74, 6) is 0.897. The van der Waals surface area contributed by atoms with E-state index in [0.29, 0.717) is 0 Å². The van der Waals surface area contributed by atoms with E-state index in [1.165, 1.54) is 43.2 Å². The molecule has 0 bridgehead atoms. The van der Waals surface area contributed by atoms with Crippen LogP contribution in [0.15, 0.2) is 18.2 Å². The maximum absolute atomic E-state index is 6.10. The Labute approximate surface area is 110 Å². The van der Waals surface area contributed by atoms with Crippen molar-refractivity contribution >= 4 is 5.69 Å². The Bertz CT molecular complexity index is 427. The molecule has 1 saturated carbocycles. The molecule has 1 aromatic rings. The minimum Gasteiger partial charge on any atom is -0.398 e. The number of nitrogens with two attached hydrogens (primary N) is 1. The lowest BCUT2D eigenvalue weighted by Crippen LogP contribution is -2.39. The second-order valence-electron chi connectivity index (χ2n) is 5.91. The average Bonchev–Trinajstić information content (AvgIpc) is 2.84. The van der Waals surface area contributed by atoms with Crippen LogP contribution in [0.3, 0.4) is 0 Å². The average molecular weight is 244 g/mol. The number of nitrogens with zero attached hydrogens (tertiary/aromatic N) is 1. The summed E-state index contributed by atoms with van der Waals surface area (Å²) in [7, 11) is 0. The molecule has 1 fully saturated rings. The first kappa shape index (κ1) is 12.0. The zero-order valence-electron chi connectivity index (χ0n) is 11.4. The van der Waals surface area contributed by atoms with Crippen LogP contribution in [0.1, 0.15) is 50.2 Å². The van der Waals surface area contributed by atoms with Gasteiger partial charge in [0.2, 0.25) is 0 Å². The number of rotatable bonds is 2. The van der Waals surface area contributed by atoms with Crippen LogP contribution < -0.4 is 5.73 Å². The molecule has 2 heteroatoms. The van der Waals surface area contributed by atoms with E-state index in [4.69, 9.17) is 5.73 Å². The molecule has 2 nitrogen and oxygen atoms in total. The molecule has 98 valence electrons. The van der Waals surface area contributed by atoms with Crippen molar-refractivity contribution in [2.24, 2.45) is 5.92 Å². The molecule has 2 N–H and O–H groups in total.